The fraction of sp³-hybridized carbons (Fsp3) is 0.667. The van der Waals surface area contributed by atoms with Crippen molar-refractivity contribution in [3.8, 4) is 0 Å². The number of nitrogen functional groups attached to an aromatic ring is 1. The van der Waals surface area contributed by atoms with E-state index in [1.165, 1.54) is 18.4 Å². The van der Waals surface area contributed by atoms with Crippen LogP contribution < -0.4 is 11.1 Å². The normalized spacial score (nSPS) is 30.6. The topological polar surface area (TPSA) is 53.6 Å². The Hall–Kier alpha value is -1.39. The van der Waals surface area contributed by atoms with Gasteiger partial charge in [-0.1, -0.05) is 19.1 Å². The van der Waals surface area contributed by atoms with Crippen LogP contribution in [0.15, 0.2) is 23.2 Å². The van der Waals surface area contributed by atoms with Gasteiger partial charge in [0.15, 0.2) is 0 Å². The third kappa shape index (κ3) is 4.42. The second-order valence-corrected chi connectivity index (χ2v) is 8.69. The van der Waals surface area contributed by atoms with Gasteiger partial charge in [-0.15, -0.1) is 0 Å². The number of rotatable bonds is 3. The van der Waals surface area contributed by atoms with Gasteiger partial charge in [0, 0.05) is 35.6 Å². The van der Waals surface area contributed by atoms with Gasteiger partial charge in [-0.2, -0.15) is 0 Å². The van der Waals surface area contributed by atoms with Crippen LogP contribution in [0.5, 0.6) is 0 Å². The fourth-order valence-electron chi connectivity index (χ4n) is 4.00. The predicted molar refractivity (Wildman–Crippen MR) is 107 cm³/mol. The van der Waals surface area contributed by atoms with Crippen LogP contribution in [0.2, 0.25) is 0 Å². The van der Waals surface area contributed by atoms with Gasteiger partial charge in [-0.3, -0.25) is 4.99 Å². The molecule has 0 aromatic heterocycles. The number of anilines is 1. The maximum absolute atomic E-state index is 6.32. The third-order valence-electron chi connectivity index (χ3n) is 6.16. The van der Waals surface area contributed by atoms with E-state index in [2.05, 4.69) is 56.2 Å². The first-order chi connectivity index (χ1) is 11.8. The summed E-state index contributed by atoms with van der Waals surface area (Å²) in [6.45, 7) is 9.11. The molecule has 0 amide bonds. The molecule has 2 fully saturated rings. The largest absolute Gasteiger partial charge is 0.398 e. The zero-order valence-corrected chi connectivity index (χ0v) is 16.3. The molecule has 0 spiro atoms. The minimum atomic E-state index is 0.222. The third-order valence-corrected chi connectivity index (χ3v) is 6.16. The molecule has 0 bridgehead atoms. The smallest absolute Gasteiger partial charge is 0.0529 e. The summed E-state index contributed by atoms with van der Waals surface area (Å²) < 4.78 is 0. The van der Waals surface area contributed by atoms with E-state index in [9.17, 15) is 0 Å². The summed E-state index contributed by atoms with van der Waals surface area (Å²) in [4.78, 5) is 7.28. The van der Waals surface area contributed by atoms with Gasteiger partial charge in [0.2, 0.25) is 0 Å². The number of likely N-dealkylation sites (tertiary alicyclic amines) is 1. The Labute approximate surface area is 152 Å². The molecule has 0 aliphatic carbocycles. The first-order valence-electron chi connectivity index (χ1n) is 9.72. The number of benzene rings is 1. The Morgan fingerprint density at radius 1 is 1.28 bits per heavy atom. The summed E-state index contributed by atoms with van der Waals surface area (Å²) in [7, 11) is 2.21. The van der Waals surface area contributed by atoms with Crippen molar-refractivity contribution in [2.75, 3.05) is 25.9 Å². The average molecular weight is 343 g/mol. The summed E-state index contributed by atoms with van der Waals surface area (Å²) in [5.41, 5.74) is 9.74. The van der Waals surface area contributed by atoms with Crippen molar-refractivity contribution in [3.63, 3.8) is 0 Å². The second-order valence-electron chi connectivity index (χ2n) is 8.69. The van der Waals surface area contributed by atoms with Crippen LogP contribution in [0, 0.1) is 5.92 Å². The highest BCUT2D eigenvalue weighted by Crippen LogP contribution is 2.29. The van der Waals surface area contributed by atoms with Gasteiger partial charge in [0.25, 0.3) is 0 Å². The van der Waals surface area contributed by atoms with E-state index in [1.54, 1.807) is 0 Å². The molecule has 0 radical (unpaired) electrons. The summed E-state index contributed by atoms with van der Waals surface area (Å²) in [6.07, 6.45) is 6.69. The zero-order valence-electron chi connectivity index (χ0n) is 16.3. The molecule has 2 aliphatic heterocycles. The zero-order chi connectivity index (χ0) is 18.0. The average Bonchev–Trinajstić information content (AvgIpc) is 2.57. The molecular formula is C21H34N4. The van der Waals surface area contributed by atoms with Crippen molar-refractivity contribution in [2.24, 2.45) is 10.9 Å². The van der Waals surface area contributed by atoms with E-state index < -0.39 is 0 Å². The lowest BCUT2D eigenvalue weighted by atomic mass is 9.88. The van der Waals surface area contributed by atoms with Crippen LogP contribution in [0.3, 0.4) is 0 Å². The number of piperidine rings is 2. The first-order valence-corrected chi connectivity index (χ1v) is 9.72. The van der Waals surface area contributed by atoms with Crippen molar-refractivity contribution in [1.82, 2.24) is 10.2 Å². The van der Waals surface area contributed by atoms with Gasteiger partial charge in [0.05, 0.1) is 6.04 Å². The molecular weight excluding hydrogens is 308 g/mol. The molecule has 1 aromatic rings. The van der Waals surface area contributed by atoms with Crippen molar-refractivity contribution in [3.05, 3.63) is 29.3 Å². The highest BCUT2D eigenvalue weighted by Gasteiger charge is 2.31. The maximum atomic E-state index is 6.32. The van der Waals surface area contributed by atoms with Crippen LogP contribution in [-0.2, 0) is 0 Å². The summed E-state index contributed by atoms with van der Waals surface area (Å²) >= 11 is 0. The molecule has 25 heavy (non-hydrogen) atoms. The lowest BCUT2D eigenvalue weighted by Gasteiger charge is -2.42. The second kappa shape index (κ2) is 7.46. The van der Waals surface area contributed by atoms with Crippen molar-refractivity contribution < 1.29 is 0 Å². The molecule has 4 heteroatoms. The molecule has 3 atom stereocenters. The lowest BCUT2D eigenvalue weighted by molar-refractivity contribution is 0.0963. The molecule has 1 aromatic carbocycles. The Morgan fingerprint density at radius 2 is 2.08 bits per heavy atom. The molecule has 3 rings (SSSR count). The number of nitrogens with one attached hydrogen (secondary N) is 1. The molecule has 4 nitrogen and oxygen atoms in total. The molecule has 2 saturated heterocycles. The molecule has 0 saturated carbocycles. The van der Waals surface area contributed by atoms with Crippen LogP contribution in [-0.4, -0.2) is 42.8 Å². The van der Waals surface area contributed by atoms with Gasteiger partial charge in [0.1, 0.15) is 0 Å². The number of nitrogens with zero attached hydrogens (tertiary/aromatic N) is 2. The number of aliphatic imine (C=N–C) groups is 1. The molecule has 2 heterocycles. The van der Waals surface area contributed by atoms with E-state index in [1.807, 2.05) is 6.21 Å². The van der Waals surface area contributed by atoms with Crippen LogP contribution in [0.1, 0.15) is 63.6 Å². The van der Waals surface area contributed by atoms with E-state index >= 15 is 0 Å². The maximum Gasteiger partial charge on any atom is 0.0529 e. The van der Waals surface area contributed by atoms with E-state index in [0.717, 1.165) is 43.1 Å². The summed E-state index contributed by atoms with van der Waals surface area (Å²) in [5, 5.41) is 3.63. The highest BCUT2D eigenvalue weighted by molar-refractivity contribution is 5.87. The van der Waals surface area contributed by atoms with Crippen molar-refractivity contribution in [1.29, 1.82) is 0 Å². The Balaban J connectivity index is 1.65. The van der Waals surface area contributed by atoms with Gasteiger partial charge in [-0.25, -0.2) is 0 Å². The van der Waals surface area contributed by atoms with Crippen molar-refractivity contribution >= 4 is 11.9 Å². The Morgan fingerprint density at radius 3 is 2.72 bits per heavy atom. The van der Waals surface area contributed by atoms with E-state index in [0.29, 0.717) is 12.1 Å². The van der Waals surface area contributed by atoms with Gasteiger partial charge in [-0.05, 0) is 70.7 Å². The quantitative estimate of drug-likeness (QED) is 0.651. The SMILES string of the molecule is C[C@H]1CC[C@H](c2ccc(C=NC3CCN(C)C(C)(C)C3)c(N)c2)NC1. The molecule has 3 N–H and O–H groups in total. The number of hydrogen-bond acceptors (Lipinski definition) is 4. The standard InChI is InChI=1S/C21H34N4/c1-15-5-8-20(24-13-15)16-6-7-17(19(22)11-16)14-23-18-9-10-25(4)21(2,3)12-18/h6-7,11,14-15,18,20,24H,5,8-10,12-13,22H2,1-4H3/t15-,18?,20+/m0/s1. The molecule has 138 valence electrons. The minimum Gasteiger partial charge on any atom is -0.398 e. The fourth-order valence-corrected chi connectivity index (χ4v) is 4.00. The van der Waals surface area contributed by atoms with Crippen LogP contribution >= 0.6 is 0 Å². The van der Waals surface area contributed by atoms with Crippen molar-refractivity contribution in [2.45, 2.75) is 64.1 Å². The Kier molecular flexibility index (Phi) is 5.49. The van der Waals surface area contributed by atoms with E-state index in [-0.39, 0.29) is 5.54 Å². The Bertz CT molecular complexity index is 614. The first kappa shape index (κ1) is 18.4. The lowest BCUT2D eigenvalue weighted by Crippen LogP contribution is -2.48. The molecule has 1 unspecified atom stereocenters. The van der Waals surface area contributed by atoms with Gasteiger partial charge >= 0.3 is 0 Å². The molecule has 2 aliphatic rings. The monoisotopic (exact) mass is 342 g/mol. The van der Waals surface area contributed by atoms with Crippen LogP contribution in [0.4, 0.5) is 5.69 Å². The summed E-state index contributed by atoms with van der Waals surface area (Å²) in [6, 6.07) is 7.32. The number of hydrogen-bond donors (Lipinski definition) is 2. The van der Waals surface area contributed by atoms with Crippen LogP contribution in [0.25, 0.3) is 0 Å². The minimum absolute atomic E-state index is 0.222. The predicted octanol–water partition coefficient (Wildman–Crippen LogP) is 3.62. The highest BCUT2D eigenvalue weighted by atomic mass is 15.2. The van der Waals surface area contributed by atoms with E-state index in [4.69, 9.17) is 10.7 Å². The number of nitrogens with two attached hydrogens (primary N) is 1. The van der Waals surface area contributed by atoms with Gasteiger partial charge < -0.3 is 16.0 Å². The summed E-state index contributed by atoms with van der Waals surface area (Å²) in [5.74, 6) is 0.777.